The minimum atomic E-state index is -0.215. The summed E-state index contributed by atoms with van der Waals surface area (Å²) in [5, 5.41) is 2.91. The number of nitrogens with one attached hydrogen (secondary N) is 1. The van der Waals surface area contributed by atoms with Gasteiger partial charge in [-0.2, -0.15) is 0 Å². The maximum absolute atomic E-state index is 12.0. The fourth-order valence-corrected chi connectivity index (χ4v) is 2.06. The molecule has 1 aliphatic rings. The number of nitrogens with zero attached hydrogens (tertiary/aromatic N) is 1. The maximum Gasteiger partial charge on any atom is 0.239 e. The standard InChI is InChI=1S/C13H24N2O3/c1-10(2)14-13(17)12-9-18-8-7-15(12)6-4-5-11(3)16/h10,12H,4-9H2,1-3H3,(H,14,17). The Labute approximate surface area is 109 Å². The monoisotopic (exact) mass is 256 g/mol. The number of carbonyl (C=O) groups excluding carboxylic acids is 2. The first-order valence-corrected chi connectivity index (χ1v) is 6.62. The molecule has 18 heavy (non-hydrogen) atoms. The van der Waals surface area contributed by atoms with Gasteiger partial charge in [-0.05, 0) is 33.7 Å². The van der Waals surface area contributed by atoms with Crippen LogP contribution in [0.15, 0.2) is 0 Å². The molecule has 0 saturated carbocycles. The van der Waals surface area contributed by atoms with Crippen LogP contribution in [-0.2, 0) is 14.3 Å². The third-order valence-electron chi connectivity index (χ3n) is 2.95. The normalized spacial score (nSPS) is 21.0. The highest BCUT2D eigenvalue weighted by Gasteiger charge is 2.29. The van der Waals surface area contributed by atoms with Gasteiger partial charge in [0, 0.05) is 19.0 Å². The van der Waals surface area contributed by atoms with E-state index in [1.807, 2.05) is 13.8 Å². The van der Waals surface area contributed by atoms with Gasteiger partial charge in [-0.3, -0.25) is 9.69 Å². The van der Waals surface area contributed by atoms with E-state index >= 15 is 0 Å². The number of hydrogen-bond acceptors (Lipinski definition) is 4. The molecule has 104 valence electrons. The molecule has 0 radical (unpaired) electrons. The van der Waals surface area contributed by atoms with Crippen molar-refractivity contribution in [2.45, 2.75) is 45.7 Å². The molecule has 1 saturated heterocycles. The fraction of sp³-hybridized carbons (Fsp3) is 0.846. The summed E-state index contributed by atoms with van der Waals surface area (Å²) in [6.45, 7) is 8.13. The molecule has 1 N–H and O–H groups in total. The Morgan fingerprint density at radius 1 is 1.44 bits per heavy atom. The van der Waals surface area contributed by atoms with Crippen LogP contribution in [0.5, 0.6) is 0 Å². The van der Waals surface area contributed by atoms with E-state index in [9.17, 15) is 9.59 Å². The lowest BCUT2D eigenvalue weighted by Gasteiger charge is -2.34. The molecule has 0 aromatic heterocycles. The Morgan fingerprint density at radius 2 is 2.17 bits per heavy atom. The van der Waals surface area contributed by atoms with Gasteiger partial charge < -0.3 is 14.8 Å². The molecule has 0 aliphatic carbocycles. The summed E-state index contributed by atoms with van der Waals surface area (Å²) in [7, 11) is 0. The number of rotatable bonds is 6. The minimum absolute atomic E-state index is 0.0209. The quantitative estimate of drug-likeness (QED) is 0.755. The molecule has 0 bridgehead atoms. The van der Waals surface area contributed by atoms with E-state index in [4.69, 9.17) is 4.74 Å². The summed E-state index contributed by atoms with van der Waals surface area (Å²) in [6.07, 6.45) is 1.39. The number of Topliss-reactive ketones (excluding diaryl/α,β-unsaturated/α-hetero) is 1. The van der Waals surface area contributed by atoms with Crippen molar-refractivity contribution in [3.63, 3.8) is 0 Å². The van der Waals surface area contributed by atoms with Gasteiger partial charge in [0.05, 0.1) is 13.2 Å². The van der Waals surface area contributed by atoms with Crippen LogP contribution in [0.3, 0.4) is 0 Å². The van der Waals surface area contributed by atoms with Crippen LogP contribution in [0.4, 0.5) is 0 Å². The van der Waals surface area contributed by atoms with Crippen LogP contribution >= 0.6 is 0 Å². The van der Waals surface area contributed by atoms with Crippen molar-refractivity contribution >= 4 is 11.7 Å². The largest absolute Gasteiger partial charge is 0.378 e. The zero-order chi connectivity index (χ0) is 13.5. The molecule has 1 aliphatic heterocycles. The predicted octanol–water partition coefficient (Wildman–Crippen LogP) is 0.581. The molecule has 5 heteroatoms. The van der Waals surface area contributed by atoms with Gasteiger partial charge in [0.2, 0.25) is 5.91 Å². The topological polar surface area (TPSA) is 58.6 Å². The van der Waals surface area contributed by atoms with Gasteiger partial charge in [-0.25, -0.2) is 0 Å². The third-order valence-corrected chi connectivity index (χ3v) is 2.95. The predicted molar refractivity (Wildman–Crippen MR) is 69.4 cm³/mol. The lowest BCUT2D eigenvalue weighted by atomic mass is 10.1. The molecule has 1 unspecified atom stereocenters. The highest BCUT2D eigenvalue weighted by Crippen LogP contribution is 2.09. The van der Waals surface area contributed by atoms with Gasteiger partial charge in [0.15, 0.2) is 0 Å². The Morgan fingerprint density at radius 3 is 2.78 bits per heavy atom. The van der Waals surface area contributed by atoms with E-state index in [0.29, 0.717) is 19.6 Å². The van der Waals surface area contributed by atoms with Gasteiger partial charge >= 0.3 is 0 Å². The third kappa shape index (κ3) is 5.14. The maximum atomic E-state index is 12.0. The zero-order valence-corrected chi connectivity index (χ0v) is 11.6. The lowest BCUT2D eigenvalue weighted by molar-refractivity contribution is -0.133. The molecule has 1 rings (SSSR count). The summed E-state index contributed by atoms with van der Waals surface area (Å²) in [5.41, 5.74) is 0. The molecule has 1 heterocycles. The van der Waals surface area contributed by atoms with Gasteiger partial charge in [0.25, 0.3) is 0 Å². The summed E-state index contributed by atoms with van der Waals surface area (Å²) in [4.78, 5) is 25.1. The number of amides is 1. The molecular formula is C13H24N2O3. The number of ketones is 1. The van der Waals surface area contributed by atoms with Gasteiger partial charge in [-0.15, -0.1) is 0 Å². The van der Waals surface area contributed by atoms with Crippen LogP contribution < -0.4 is 5.32 Å². The fourth-order valence-electron chi connectivity index (χ4n) is 2.06. The van der Waals surface area contributed by atoms with Crippen molar-refractivity contribution in [2.24, 2.45) is 0 Å². The second-order valence-electron chi connectivity index (χ2n) is 5.10. The van der Waals surface area contributed by atoms with E-state index < -0.39 is 0 Å². The lowest BCUT2D eigenvalue weighted by Crippen LogP contribution is -2.55. The Kier molecular flexibility index (Phi) is 6.29. The Hall–Kier alpha value is -0.940. The van der Waals surface area contributed by atoms with Crippen LogP contribution in [0.25, 0.3) is 0 Å². The molecule has 0 spiro atoms. The van der Waals surface area contributed by atoms with E-state index in [2.05, 4.69) is 10.2 Å². The Balaban J connectivity index is 2.45. The van der Waals surface area contributed by atoms with Crippen molar-refractivity contribution in [1.82, 2.24) is 10.2 Å². The van der Waals surface area contributed by atoms with E-state index in [1.54, 1.807) is 6.92 Å². The van der Waals surface area contributed by atoms with Crippen molar-refractivity contribution in [1.29, 1.82) is 0 Å². The second kappa shape index (κ2) is 7.48. The van der Waals surface area contributed by atoms with E-state index in [-0.39, 0.29) is 23.8 Å². The van der Waals surface area contributed by atoms with Crippen LogP contribution in [0, 0.1) is 0 Å². The first-order valence-electron chi connectivity index (χ1n) is 6.62. The summed E-state index contributed by atoms with van der Waals surface area (Å²) in [6, 6.07) is -0.0772. The molecule has 0 aromatic carbocycles. The SMILES string of the molecule is CC(=O)CCCN1CCOCC1C(=O)NC(C)C. The molecule has 1 amide bonds. The minimum Gasteiger partial charge on any atom is -0.378 e. The van der Waals surface area contributed by atoms with Crippen molar-refractivity contribution in [2.75, 3.05) is 26.3 Å². The first-order chi connectivity index (χ1) is 8.50. The second-order valence-corrected chi connectivity index (χ2v) is 5.10. The molecule has 1 fully saturated rings. The number of ether oxygens (including phenoxy) is 1. The van der Waals surface area contributed by atoms with Crippen LogP contribution in [0.1, 0.15) is 33.6 Å². The van der Waals surface area contributed by atoms with Gasteiger partial charge in [0.1, 0.15) is 11.8 Å². The Bertz CT molecular complexity index is 292. The highest BCUT2D eigenvalue weighted by atomic mass is 16.5. The molecule has 1 atom stereocenters. The molecule has 5 nitrogen and oxygen atoms in total. The van der Waals surface area contributed by atoms with Crippen molar-refractivity contribution in [3.05, 3.63) is 0 Å². The summed E-state index contributed by atoms with van der Waals surface area (Å²) in [5.74, 6) is 0.221. The van der Waals surface area contributed by atoms with Crippen molar-refractivity contribution < 1.29 is 14.3 Å². The highest BCUT2D eigenvalue weighted by molar-refractivity contribution is 5.82. The van der Waals surface area contributed by atoms with Crippen LogP contribution in [-0.4, -0.2) is 55.0 Å². The molecule has 0 aromatic rings. The van der Waals surface area contributed by atoms with Crippen LogP contribution in [0.2, 0.25) is 0 Å². The summed E-state index contributed by atoms with van der Waals surface area (Å²) < 4.78 is 5.37. The first kappa shape index (κ1) is 15.1. The molecular weight excluding hydrogens is 232 g/mol. The number of carbonyl (C=O) groups is 2. The van der Waals surface area contributed by atoms with Gasteiger partial charge in [-0.1, -0.05) is 0 Å². The zero-order valence-electron chi connectivity index (χ0n) is 11.6. The van der Waals surface area contributed by atoms with Crippen molar-refractivity contribution in [3.8, 4) is 0 Å². The number of morpholine rings is 1. The average Bonchev–Trinajstić information content (AvgIpc) is 2.28. The summed E-state index contributed by atoms with van der Waals surface area (Å²) >= 11 is 0. The average molecular weight is 256 g/mol. The number of hydrogen-bond donors (Lipinski definition) is 1. The van der Waals surface area contributed by atoms with E-state index in [1.165, 1.54) is 0 Å². The smallest absolute Gasteiger partial charge is 0.239 e. The van der Waals surface area contributed by atoms with E-state index in [0.717, 1.165) is 19.5 Å².